The minimum Gasteiger partial charge on any atom is -0.479 e. The number of benzene rings is 2. The first-order valence-electron chi connectivity index (χ1n) is 9.72. The monoisotopic (exact) mass is 412 g/mol. The lowest BCUT2D eigenvalue weighted by Crippen LogP contribution is -2.49. The van der Waals surface area contributed by atoms with E-state index in [1.807, 2.05) is 48.5 Å². The summed E-state index contributed by atoms with van der Waals surface area (Å²) in [5.41, 5.74) is 4.40. The molecule has 3 rings (SSSR count). The molecule has 0 bridgehead atoms. The van der Waals surface area contributed by atoms with Crippen LogP contribution in [0.15, 0.2) is 48.5 Å². The third-order valence-electron chi connectivity index (χ3n) is 5.12. The van der Waals surface area contributed by atoms with Crippen molar-refractivity contribution in [2.24, 2.45) is 0 Å². The van der Waals surface area contributed by atoms with E-state index < -0.39 is 36.7 Å². The number of carbonyl (C=O) groups is 3. The van der Waals surface area contributed by atoms with Gasteiger partial charge < -0.3 is 25.6 Å². The standard InChI is InChI=1S/C22H24N2O6/c1-2-18(20(26)23-11-19(25)21(27)28)24-22(29)30-12-17-15-9-5-3-7-13(15)14-8-4-6-10-16(14)17/h3-10,17-19,25H,2,11-12H2,1H3,(H,23,26)(H,24,29)(H,27,28)/t18-,19+/m1/s1. The number of alkyl carbamates (subject to hydrolysis) is 1. The van der Waals surface area contributed by atoms with Gasteiger partial charge in [-0.3, -0.25) is 4.79 Å². The Labute approximate surface area is 173 Å². The van der Waals surface area contributed by atoms with Gasteiger partial charge in [-0.05, 0) is 28.7 Å². The number of aliphatic hydroxyl groups is 1. The van der Waals surface area contributed by atoms with Gasteiger partial charge >= 0.3 is 12.1 Å². The molecule has 0 radical (unpaired) electrons. The molecule has 0 aliphatic heterocycles. The largest absolute Gasteiger partial charge is 0.479 e. The summed E-state index contributed by atoms with van der Waals surface area (Å²) in [6.07, 6.45) is -2.17. The van der Waals surface area contributed by atoms with E-state index in [1.165, 1.54) is 0 Å². The zero-order valence-electron chi connectivity index (χ0n) is 16.5. The number of aliphatic carboxylic acids is 1. The number of fused-ring (bicyclic) bond motifs is 3. The molecule has 4 N–H and O–H groups in total. The molecule has 2 aromatic carbocycles. The number of aliphatic hydroxyl groups excluding tert-OH is 1. The summed E-state index contributed by atoms with van der Waals surface area (Å²) in [5.74, 6) is -2.12. The van der Waals surface area contributed by atoms with Gasteiger partial charge in [0.05, 0.1) is 6.54 Å². The van der Waals surface area contributed by atoms with Gasteiger partial charge in [-0.2, -0.15) is 0 Å². The van der Waals surface area contributed by atoms with Gasteiger partial charge in [0.2, 0.25) is 5.91 Å². The van der Waals surface area contributed by atoms with Gasteiger partial charge in [0.1, 0.15) is 12.6 Å². The fraction of sp³-hybridized carbons (Fsp3) is 0.318. The number of nitrogens with one attached hydrogen (secondary N) is 2. The Hall–Kier alpha value is -3.39. The van der Waals surface area contributed by atoms with E-state index >= 15 is 0 Å². The number of hydrogen-bond acceptors (Lipinski definition) is 5. The summed E-state index contributed by atoms with van der Waals surface area (Å²) in [6, 6.07) is 15.0. The van der Waals surface area contributed by atoms with Crippen molar-refractivity contribution in [3.63, 3.8) is 0 Å². The highest BCUT2D eigenvalue weighted by Crippen LogP contribution is 2.44. The maximum absolute atomic E-state index is 12.3. The van der Waals surface area contributed by atoms with Crippen molar-refractivity contribution in [2.45, 2.75) is 31.4 Å². The molecule has 0 saturated carbocycles. The highest BCUT2D eigenvalue weighted by atomic mass is 16.5. The smallest absolute Gasteiger partial charge is 0.407 e. The minimum atomic E-state index is -1.71. The van der Waals surface area contributed by atoms with Gasteiger partial charge in [-0.25, -0.2) is 9.59 Å². The second-order valence-corrected chi connectivity index (χ2v) is 7.03. The van der Waals surface area contributed by atoms with Gasteiger partial charge in [-0.1, -0.05) is 55.5 Å². The maximum Gasteiger partial charge on any atom is 0.407 e. The second-order valence-electron chi connectivity index (χ2n) is 7.03. The summed E-state index contributed by atoms with van der Waals surface area (Å²) in [6.45, 7) is 1.37. The first kappa shape index (κ1) is 21.3. The van der Waals surface area contributed by atoms with Crippen LogP contribution in [0.5, 0.6) is 0 Å². The van der Waals surface area contributed by atoms with Crippen LogP contribution in [0.25, 0.3) is 11.1 Å². The lowest BCUT2D eigenvalue weighted by Gasteiger charge is -2.19. The Morgan fingerprint density at radius 2 is 1.60 bits per heavy atom. The number of carbonyl (C=O) groups excluding carboxylic acids is 2. The first-order chi connectivity index (χ1) is 14.4. The Bertz CT molecular complexity index is 899. The molecule has 1 aliphatic rings. The summed E-state index contributed by atoms with van der Waals surface area (Å²) < 4.78 is 5.41. The fourth-order valence-electron chi connectivity index (χ4n) is 3.54. The third kappa shape index (κ3) is 4.60. The molecule has 0 saturated heterocycles. The van der Waals surface area contributed by atoms with Crippen LogP contribution in [0.2, 0.25) is 0 Å². The van der Waals surface area contributed by atoms with Crippen LogP contribution in [-0.2, 0) is 14.3 Å². The second kappa shape index (κ2) is 9.41. The van der Waals surface area contributed by atoms with E-state index in [0.717, 1.165) is 22.3 Å². The Balaban J connectivity index is 1.59. The summed E-state index contributed by atoms with van der Waals surface area (Å²) in [7, 11) is 0. The predicted molar refractivity (Wildman–Crippen MR) is 109 cm³/mol. The van der Waals surface area contributed by atoms with E-state index in [2.05, 4.69) is 10.6 Å². The van der Waals surface area contributed by atoms with Crippen molar-refractivity contribution >= 4 is 18.0 Å². The Kier molecular flexibility index (Phi) is 6.68. The molecule has 2 amide bonds. The number of carboxylic acids is 1. The van der Waals surface area contributed by atoms with Crippen LogP contribution < -0.4 is 10.6 Å². The summed E-state index contributed by atoms with van der Waals surface area (Å²) in [5, 5.41) is 22.7. The Morgan fingerprint density at radius 1 is 1.03 bits per heavy atom. The number of carboxylic acid groups (broad SMARTS) is 1. The molecule has 8 heteroatoms. The molecule has 158 valence electrons. The van der Waals surface area contributed by atoms with Crippen LogP contribution in [0.3, 0.4) is 0 Å². The molecule has 0 spiro atoms. The molecule has 2 aromatic rings. The predicted octanol–water partition coefficient (Wildman–Crippen LogP) is 1.87. The number of amides is 2. The van der Waals surface area contributed by atoms with E-state index in [9.17, 15) is 19.5 Å². The molecule has 0 unspecified atom stereocenters. The molecule has 0 fully saturated rings. The zero-order chi connectivity index (χ0) is 21.7. The summed E-state index contributed by atoms with van der Waals surface area (Å²) in [4.78, 5) is 35.1. The molecule has 0 heterocycles. The highest BCUT2D eigenvalue weighted by molar-refractivity contribution is 5.86. The summed E-state index contributed by atoms with van der Waals surface area (Å²) >= 11 is 0. The third-order valence-corrected chi connectivity index (χ3v) is 5.12. The lowest BCUT2D eigenvalue weighted by molar-refractivity contribution is -0.146. The van der Waals surface area contributed by atoms with Crippen LogP contribution >= 0.6 is 0 Å². The zero-order valence-corrected chi connectivity index (χ0v) is 16.5. The van der Waals surface area contributed by atoms with E-state index in [-0.39, 0.29) is 18.9 Å². The number of hydrogen-bond donors (Lipinski definition) is 4. The molecule has 30 heavy (non-hydrogen) atoms. The number of ether oxygens (including phenoxy) is 1. The van der Waals surface area contributed by atoms with Crippen molar-refractivity contribution in [3.8, 4) is 11.1 Å². The van der Waals surface area contributed by atoms with Crippen LogP contribution in [-0.4, -0.2) is 53.5 Å². The van der Waals surface area contributed by atoms with Gasteiger partial charge in [-0.15, -0.1) is 0 Å². The van der Waals surface area contributed by atoms with Crippen LogP contribution in [0.4, 0.5) is 4.79 Å². The van der Waals surface area contributed by atoms with E-state index in [4.69, 9.17) is 9.84 Å². The average molecular weight is 412 g/mol. The van der Waals surface area contributed by atoms with E-state index in [1.54, 1.807) is 6.92 Å². The SMILES string of the molecule is CC[C@@H](NC(=O)OCC1c2ccccc2-c2ccccc21)C(=O)NC[C@H](O)C(=O)O. The Morgan fingerprint density at radius 3 is 2.13 bits per heavy atom. The molecule has 1 aliphatic carbocycles. The topological polar surface area (TPSA) is 125 Å². The molecule has 0 aromatic heterocycles. The lowest BCUT2D eigenvalue weighted by atomic mass is 9.98. The van der Waals surface area contributed by atoms with Gasteiger partial charge in [0, 0.05) is 5.92 Å². The van der Waals surface area contributed by atoms with Gasteiger partial charge in [0.25, 0.3) is 0 Å². The molecular weight excluding hydrogens is 388 g/mol. The van der Waals surface area contributed by atoms with E-state index in [0.29, 0.717) is 0 Å². The van der Waals surface area contributed by atoms with Crippen molar-refractivity contribution in [1.82, 2.24) is 10.6 Å². The highest BCUT2D eigenvalue weighted by Gasteiger charge is 2.29. The minimum absolute atomic E-state index is 0.0947. The van der Waals surface area contributed by atoms with Crippen molar-refractivity contribution in [2.75, 3.05) is 13.2 Å². The van der Waals surface area contributed by atoms with Crippen molar-refractivity contribution < 1.29 is 29.3 Å². The first-order valence-corrected chi connectivity index (χ1v) is 9.72. The molecule has 8 nitrogen and oxygen atoms in total. The number of rotatable bonds is 8. The molecular formula is C22H24N2O6. The van der Waals surface area contributed by atoms with Crippen LogP contribution in [0, 0.1) is 0 Å². The van der Waals surface area contributed by atoms with Crippen molar-refractivity contribution in [3.05, 3.63) is 59.7 Å². The molecule has 2 atom stereocenters. The van der Waals surface area contributed by atoms with Gasteiger partial charge in [0.15, 0.2) is 6.10 Å². The normalized spacial score (nSPS) is 14.2. The quantitative estimate of drug-likeness (QED) is 0.525. The van der Waals surface area contributed by atoms with Crippen molar-refractivity contribution in [1.29, 1.82) is 0 Å². The van der Waals surface area contributed by atoms with Crippen LogP contribution in [0.1, 0.15) is 30.4 Å². The maximum atomic E-state index is 12.3. The average Bonchev–Trinajstić information content (AvgIpc) is 3.07. The fourth-order valence-corrected chi connectivity index (χ4v) is 3.54.